The standard InChI is InChI=1S/C43H31ClF17N3O8/c1-70-31-19-24(72-16-8-15-36(45,46)37(47,48)38(49,50)39(51,52)40(53,54)41(55,56)42(57,58)43(59,60)61)20-32(71-2)27(31)21-62-30(17-22-9-4-3-5-10-22)35(67)63(29-18-23(44)13-14-26(29)33(62)65)34(66)25-11-6-7-12-28(25)64(68)69/h3-7,9-14,18-20,30H,8,15-17,21H2,1-2H3. The molecule has 0 aliphatic carbocycles. The van der Waals surface area contributed by atoms with Gasteiger partial charge in [0, 0.05) is 36.1 Å². The number of hydrogen-bond acceptors (Lipinski definition) is 8. The molecule has 29 heteroatoms. The van der Waals surface area contributed by atoms with Gasteiger partial charge in [-0.05, 0) is 36.2 Å². The Morgan fingerprint density at radius 3 is 1.74 bits per heavy atom. The number of rotatable bonds is 19. The lowest BCUT2D eigenvalue weighted by Crippen LogP contribution is -2.74. The Labute approximate surface area is 398 Å². The third kappa shape index (κ3) is 9.59. The molecule has 3 amide bonds. The van der Waals surface area contributed by atoms with E-state index in [9.17, 15) is 99.1 Å². The fraction of sp³-hybridized carbons (Fsp3) is 0.372. The minimum Gasteiger partial charge on any atom is -0.496 e. The molecule has 0 spiro atoms. The maximum Gasteiger partial charge on any atom is 0.460 e. The van der Waals surface area contributed by atoms with Crippen LogP contribution in [0.25, 0.3) is 0 Å². The average molecular weight is 1080 g/mol. The molecule has 4 aromatic rings. The number of fused-ring (bicyclic) bond motifs is 1. The van der Waals surface area contributed by atoms with Gasteiger partial charge in [0.2, 0.25) is 0 Å². The van der Waals surface area contributed by atoms with E-state index >= 15 is 0 Å². The van der Waals surface area contributed by atoms with E-state index in [2.05, 4.69) is 0 Å². The van der Waals surface area contributed by atoms with Crippen LogP contribution in [0.2, 0.25) is 5.02 Å². The number of alkyl halides is 17. The Morgan fingerprint density at radius 1 is 0.694 bits per heavy atom. The zero-order valence-corrected chi connectivity index (χ0v) is 36.9. The molecule has 1 aliphatic rings. The van der Waals surface area contributed by atoms with Crippen LogP contribution in [0.15, 0.2) is 84.9 Å². The number of halogens is 18. The molecule has 1 unspecified atom stereocenters. The van der Waals surface area contributed by atoms with E-state index in [1.807, 2.05) is 0 Å². The smallest absolute Gasteiger partial charge is 0.460 e. The summed E-state index contributed by atoms with van der Waals surface area (Å²) >= 11 is 6.27. The molecule has 1 heterocycles. The Morgan fingerprint density at radius 2 is 1.21 bits per heavy atom. The number of methoxy groups -OCH3 is 2. The number of nitro groups is 1. The first-order chi connectivity index (χ1) is 33.1. The minimum absolute atomic E-state index is 0.0939. The van der Waals surface area contributed by atoms with Gasteiger partial charge >= 0.3 is 47.6 Å². The van der Waals surface area contributed by atoms with Crippen molar-refractivity contribution >= 4 is 40.7 Å². The topological polar surface area (TPSA) is 129 Å². The maximum atomic E-state index is 14.9. The van der Waals surface area contributed by atoms with Crippen LogP contribution in [-0.2, 0) is 17.8 Å². The van der Waals surface area contributed by atoms with Gasteiger partial charge in [-0.25, -0.2) is 4.90 Å². The van der Waals surface area contributed by atoms with Crippen LogP contribution in [-0.4, -0.2) is 102 Å². The second-order valence-corrected chi connectivity index (χ2v) is 15.9. The molecule has 392 valence electrons. The number of hydrogen-bond donors (Lipinski definition) is 0. The first-order valence-corrected chi connectivity index (χ1v) is 20.3. The molecular weight excluding hydrogens is 1040 g/mol. The number of imide groups is 1. The summed E-state index contributed by atoms with van der Waals surface area (Å²) in [6.45, 7) is -2.00. The second kappa shape index (κ2) is 19.8. The van der Waals surface area contributed by atoms with Gasteiger partial charge in [-0.1, -0.05) is 54.1 Å². The first-order valence-electron chi connectivity index (χ1n) is 19.9. The zero-order valence-electron chi connectivity index (χ0n) is 36.1. The third-order valence-electron chi connectivity index (χ3n) is 11.0. The van der Waals surface area contributed by atoms with E-state index in [4.69, 9.17) is 25.8 Å². The van der Waals surface area contributed by atoms with Crippen molar-refractivity contribution in [3.05, 3.63) is 122 Å². The van der Waals surface area contributed by atoms with E-state index in [1.165, 1.54) is 18.2 Å². The fourth-order valence-electron chi connectivity index (χ4n) is 7.14. The summed E-state index contributed by atoms with van der Waals surface area (Å²) in [6.07, 6.45) is -12.6. The summed E-state index contributed by atoms with van der Waals surface area (Å²) in [4.78, 5) is 56.5. The van der Waals surface area contributed by atoms with Crippen LogP contribution in [0.4, 0.5) is 86.0 Å². The molecule has 1 atom stereocenters. The van der Waals surface area contributed by atoms with E-state index < -0.39 is 125 Å². The number of benzene rings is 4. The molecule has 11 nitrogen and oxygen atoms in total. The summed E-state index contributed by atoms with van der Waals surface area (Å²) in [5, 5.41) is 11.9. The zero-order chi connectivity index (χ0) is 54.4. The highest BCUT2D eigenvalue weighted by molar-refractivity contribution is 6.32. The predicted molar refractivity (Wildman–Crippen MR) is 215 cm³/mol. The van der Waals surface area contributed by atoms with Gasteiger partial charge in [0.05, 0.1) is 49.1 Å². The lowest BCUT2D eigenvalue weighted by Gasteiger charge is -2.42. The van der Waals surface area contributed by atoms with Crippen LogP contribution in [0.5, 0.6) is 17.2 Å². The number of anilines is 1. The number of nitro benzene ring substituents is 1. The summed E-state index contributed by atoms with van der Waals surface area (Å²) in [6, 6.07) is 16.0. The van der Waals surface area contributed by atoms with Crippen molar-refractivity contribution in [2.75, 3.05) is 25.7 Å². The SMILES string of the molecule is COc1cc(OCCCC(F)(F)C(F)(F)C(F)(F)C(F)(F)C(F)(F)C(F)(F)C(F)(F)C(F)(F)F)cc(OC)c1CN1C(=O)c2ccc(Cl)cc2N(C(=O)c2ccccc2[N+](=O)[O-])C(=O)C1Cc1ccccc1. The fourth-order valence-corrected chi connectivity index (χ4v) is 7.30. The van der Waals surface area contributed by atoms with Crippen LogP contribution in [0.3, 0.4) is 0 Å². The molecule has 72 heavy (non-hydrogen) atoms. The summed E-state index contributed by atoms with van der Waals surface area (Å²) in [5.41, 5.74) is -1.74. The van der Waals surface area contributed by atoms with Gasteiger partial charge in [-0.2, -0.15) is 74.6 Å². The number of carbonyl (C=O) groups is 3. The Hall–Kier alpha value is -6.61. The first kappa shape index (κ1) is 56.3. The highest BCUT2D eigenvalue weighted by atomic mass is 35.5. The van der Waals surface area contributed by atoms with Gasteiger partial charge in [-0.15, -0.1) is 0 Å². The van der Waals surface area contributed by atoms with Crippen LogP contribution < -0.4 is 19.1 Å². The van der Waals surface area contributed by atoms with Gasteiger partial charge in [-0.3, -0.25) is 24.5 Å². The molecule has 0 bridgehead atoms. The lowest BCUT2D eigenvalue weighted by molar-refractivity contribution is -0.461. The summed E-state index contributed by atoms with van der Waals surface area (Å²) < 4.78 is 250. The van der Waals surface area contributed by atoms with Gasteiger partial charge in [0.25, 0.3) is 23.4 Å². The molecule has 1 aliphatic heterocycles. The van der Waals surface area contributed by atoms with Crippen molar-refractivity contribution in [3.8, 4) is 17.2 Å². The molecular formula is C43H31ClF17N3O8. The Kier molecular flexibility index (Phi) is 15.5. The molecule has 0 N–H and O–H groups in total. The number of nitrogens with zero attached hydrogens (tertiary/aromatic N) is 3. The molecule has 5 rings (SSSR count). The van der Waals surface area contributed by atoms with Gasteiger partial charge in [0.15, 0.2) is 0 Å². The monoisotopic (exact) mass is 1080 g/mol. The summed E-state index contributed by atoms with van der Waals surface area (Å²) in [5.74, 6) is -61.9. The molecule has 0 saturated carbocycles. The number of amides is 3. The number of para-hydroxylation sites is 1. The highest BCUT2D eigenvalue weighted by Gasteiger charge is 2.95. The highest BCUT2D eigenvalue weighted by Crippen LogP contribution is 2.64. The quantitative estimate of drug-likeness (QED) is 0.0298. The Bertz CT molecular complexity index is 2680. The van der Waals surface area contributed by atoms with Crippen LogP contribution >= 0.6 is 11.6 Å². The molecule has 0 saturated heterocycles. The largest absolute Gasteiger partial charge is 0.496 e. The normalized spacial score (nSPS) is 15.5. The lowest BCUT2D eigenvalue weighted by atomic mass is 9.88. The molecule has 0 radical (unpaired) electrons. The van der Waals surface area contributed by atoms with E-state index in [0.717, 1.165) is 55.5 Å². The molecule has 4 aromatic carbocycles. The van der Waals surface area contributed by atoms with Crippen molar-refractivity contribution in [1.82, 2.24) is 4.90 Å². The molecule has 0 aromatic heterocycles. The van der Waals surface area contributed by atoms with Crippen molar-refractivity contribution in [1.29, 1.82) is 0 Å². The van der Waals surface area contributed by atoms with Crippen molar-refractivity contribution in [2.24, 2.45) is 0 Å². The van der Waals surface area contributed by atoms with Crippen LogP contribution in [0, 0.1) is 10.1 Å². The van der Waals surface area contributed by atoms with Crippen LogP contribution in [0.1, 0.15) is 44.7 Å². The van der Waals surface area contributed by atoms with E-state index in [-0.39, 0.29) is 34.1 Å². The summed E-state index contributed by atoms with van der Waals surface area (Å²) in [7, 11) is 2.01. The Balaban J connectivity index is 1.46. The third-order valence-corrected chi connectivity index (χ3v) is 11.2. The van der Waals surface area contributed by atoms with Gasteiger partial charge < -0.3 is 19.1 Å². The van der Waals surface area contributed by atoms with E-state index in [0.29, 0.717) is 10.5 Å². The number of ether oxygens (including phenoxy) is 3. The average Bonchev–Trinajstić information content (AvgIpc) is 3.38. The van der Waals surface area contributed by atoms with Gasteiger partial charge in [0.1, 0.15) is 28.9 Å². The maximum absolute atomic E-state index is 14.9. The molecule has 0 fully saturated rings. The van der Waals surface area contributed by atoms with Crippen molar-refractivity contribution < 1.29 is 108 Å². The van der Waals surface area contributed by atoms with Crippen molar-refractivity contribution in [2.45, 2.75) is 79.5 Å². The van der Waals surface area contributed by atoms with E-state index in [1.54, 1.807) is 30.3 Å². The van der Waals surface area contributed by atoms with Crippen molar-refractivity contribution in [3.63, 3.8) is 0 Å². The minimum atomic E-state index is -8.76. The number of carbonyl (C=O) groups excluding carboxylic acids is 3. The predicted octanol–water partition coefficient (Wildman–Crippen LogP) is 11.9. The second-order valence-electron chi connectivity index (χ2n) is 15.5.